The van der Waals surface area contributed by atoms with Crippen LogP contribution in [-0.2, 0) is 6.18 Å². The number of alkyl halides is 3. The quantitative estimate of drug-likeness (QED) is 0.178. The van der Waals surface area contributed by atoms with Crippen LogP contribution in [0.5, 0.6) is 5.88 Å². The van der Waals surface area contributed by atoms with Gasteiger partial charge in [-0.3, -0.25) is 0 Å². The van der Waals surface area contributed by atoms with Crippen LogP contribution in [0.25, 0.3) is 22.2 Å². The summed E-state index contributed by atoms with van der Waals surface area (Å²) in [7, 11) is 0. The number of aromatic nitrogens is 3. The third-order valence-corrected chi connectivity index (χ3v) is 7.83. The van der Waals surface area contributed by atoms with Crippen LogP contribution in [-0.4, -0.2) is 58.1 Å². The van der Waals surface area contributed by atoms with Gasteiger partial charge in [-0.25, -0.2) is 18.7 Å². The molecule has 5 N–H and O–H groups in total. The molecule has 1 aromatic carbocycles. The molecule has 3 atom stereocenters. The number of aliphatic hydroxyl groups excluding tert-OH is 1. The largest absolute Gasteiger partial charge is 0.474 e. The number of rotatable bonds is 3. The van der Waals surface area contributed by atoms with Gasteiger partial charge in [-0.2, -0.15) is 18.2 Å². The van der Waals surface area contributed by atoms with E-state index in [9.17, 15) is 22.7 Å². The van der Waals surface area contributed by atoms with Crippen LogP contribution < -0.4 is 26.0 Å². The Morgan fingerprint density at radius 1 is 1.16 bits per heavy atom. The first-order valence-corrected chi connectivity index (χ1v) is 14.1. The van der Waals surface area contributed by atoms with Gasteiger partial charge in [-0.05, 0) is 64.6 Å². The van der Waals surface area contributed by atoms with Crippen LogP contribution in [0.4, 0.5) is 39.4 Å². The van der Waals surface area contributed by atoms with E-state index in [0.717, 1.165) is 31.4 Å². The van der Waals surface area contributed by atoms with Gasteiger partial charge in [0.25, 0.3) is 0 Å². The minimum atomic E-state index is -5.06. The Labute approximate surface area is 245 Å². The Morgan fingerprint density at radius 2 is 1.91 bits per heavy atom. The number of piperidine rings is 1. The lowest BCUT2D eigenvalue weighted by atomic mass is 9.96. The lowest BCUT2D eigenvalue weighted by Gasteiger charge is -2.32. The van der Waals surface area contributed by atoms with Crippen molar-refractivity contribution in [1.82, 2.24) is 20.3 Å². The number of aliphatic hydroxyl groups is 1. The van der Waals surface area contributed by atoms with Crippen molar-refractivity contribution in [1.29, 1.82) is 0 Å². The number of nitrogens with zero attached hydrogens (tertiary/aromatic N) is 4. The third-order valence-electron chi connectivity index (χ3n) is 7.83. The van der Waals surface area contributed by atoms with Crippen molar-refractivity contribution in [3.63, 3.8) is 0 Å². The highest BCUT2D eigenvalue weighted by molar-refractivity contribution is 5.97. The Morgan fingerprint density at radius 3 is 2.58 bits per heavy atom. The van der Waals surface area contributed by atoms with Crippen molar-refractivity contribution in [2.45, 2.75) is 71.0 Å². The number of halogens is 5. The molecule has 43 heavy (non-hydrogen) atoms. The van der Waals surface area contributed by atoms with E-state index in [0.29, 0.717) is 32.5 Å². The van der Waals surface area contributed by atoms with Gasteiger partial charge in [0.05, 0.1) is 23.4 Å². The smallest absolute Gasteiger partial charge is 0.417 e. The molecule has 0 radical (unpaired) electrons. The average Bonchev–Trinajstić information content (AvgIpc) is 2.96. The molecule has 0 saturated carbocycles. The molecular weight excluding hydrogens is 573 g/mol. The van der Waals surface area contributed by atoms with Crippen molar-refractivity contribution in [2.24, 2.45) is 0 Å². The second-order valence-electron chi connectivity index (χ2n) is 11.1. The number of nitrogens with two attached hydrogens (primary N) is 1. The first kappa shape index (κ1) is 30.7. The summed E-state index contributed by atoms with van der Waals surface area (Å²) < 4.78 is 80.4. The zero-order chi connectivity index (χ0) is 31.2. The molecule has 232 valence electrons. The SMILES string of the molecule is C=C(C)[C@H]1CNCC[C@H](C)Oc2nc(-c3cc(N)c(F)c(C)c3C(F)(F)F)c(F)c3nc(N4CCCCC4O)nc(c23)N1. The lowest BCUT2D eigenvalue weighted by molar-refractivity contribution is -0.137. The molecule has 4 heterocycles. The third kappa shape index (κ3) is 5.90. The second kappa shape index (κ2) is 11.7. The fraction of sp³-hybridized carbons (Fsp3) is 0.483. The maximum absolute atomic E-state index is 16.7. The number of hydrogen-bond acceptors (Lipinski definition) is 9. The van der Waals surface area contributed by atoms with Crippen LogP contribution >= 0.6 is 0 Å². The lowest BCUT2D eigenvalue weighted by Crippen LogP contribution is -2.40. The molecule has 1 saturated heterocycles. The van der Waals surface area contributed by atoms with Gasteiger partial charge in [0.2, 0.25) is 11.8 Å². The van der Waals surface area contributed by atoms with Gasteiger partial charge < -0.3 is 31.1 Å². The molecule has 9 nitrogen and oxygen atoms in total. The van der Waals surface area contributed by atoms with Crippen LogP contribution in [0.2, 0.25) is 0 Å². The van der Waals surface area contributed by atoms with E-state index in [2.05, 4.69) is 32.2 Å². The molecule has 1 unspecified atom stereocenters. The molecular formula is C29H34F5N7O2. The normalized spacial score (nSPS) is 21.6. The Hall–Kier alpha value is -3.78. The predicted octanol–water partition coefficient (Wildman–Crippen LogP) is 5.31. The van der Waals surface area contributed by atoms with Crippen LogP contribution in [0.1, 0.15) is 50.7 Å². The number of hydrogen-bond donors (Lipinski definition) is 4. The summed E-state index contributed by atoms with van der Waals surface area (Å²) in [6.45, 7) is 9.90. The van der Waals surface area contributed by atoms with Gasteiger partial charge in [-0.15, -0.1) is 0 Å². The highest BCUT2D eigenvalue weighted by Crippen LogP contribution is 2.45. The van der Waals surface area contributed by atoms with Gasteiger partial charge in [0.1, 0.15) is 34.5 Å². The van der Waals surface area contributed by atoms with Gasteiger partial charge >= 0.3 is 6.18 Å². The summed E-state index contributed by atoms with van der Waals surface area (Å²) in [5, 5.41) is 17.3. The highest BCUT2D eigenvalue weighted by atomic mass is 19.4. The molecule has 3 aromatic rings. The molecule has 1 fully saturated rings. The molecule has 14 heteroatoms. The summed E-state index contributed by atoms with van der Waals surface area (Å²) in [6, 6.07) is 0.345. The number of ether oxygens (including phenoxy) is 1. The molecule has 0 bridgehead atoms. The molecule has 2 aliphatic heterocycles. The van der Waals surface area contributed by atoms with Crippen molar-refractivity contribution in [3.05, 3.63) is 41.0 Å². The second-order valence-corrected chi connectivity index (χ2v) is 11.1. The monoisotopic (exact) mass is 607 g/mol. The molecule has 2 aliphatic rings. The first-order chi connectivity index (χ1) is 20.3. The van der Waals surface area contributed by atoms with E-state index in [1.54, 1.807) is 6.92 Å². The van der Waals surface area contributed by atoms with Gasteiger partial charge in [0.15, 0.2) is 5.82 Å². The number of anilines is 3. The first-order valence-electron chi connectivity index (χ1n) is 14.1. The number of nitrogen functional groups attached to an aromatic ring is 1. The molecule has 0 aliphatic carbocycles. The van der Waals surface area contributed by atoms with Gasteiger partial charge in [0, 0.05) is 18.7 Å². The average molecular weight is 608 g/mol. The van der Waals surface area contributed by atoms with Crippen molar-refractivity contribution >= 4 is 28.4 Å². The maximum Gasteiger partial charge on any atom is 0.417 e. The highest BCUT2D eigenvalue weighted by Gasteiger charge is 2.39. The molecule has 0 amide bonds. The van der Waals surface area contributed by atoms with E-state index >= 15 is 4.39 Å². The van der Waals surface area contributed by atoms with E-state index in [1.165, 1.54) is 4.90 Å². The molecule has 0 spiro atoms. The minimum absolute atomic E-state index is 0.0110. The topological polar surface area (TPSA) is 121 Å². The van der Waals surface area contributed by atoms with E-state index in [4.69, 9.17) is 10.5 Å². The van der Waals surface area contributed by atoms with Crippen molar-refractivity contribution in [3.8, 4) is 17.1 Å². The van der Waals surface area contributed by atoms with Crippen molar-refractivity contribution < 1.29 is 31.8 Å². The number of benzene rings is 1. The summed E-state index contributed by atoms with van der Waals surface area (Å²) in [5.74, 6) is -2.58. The van der Waals surface area contributed by atoms with Crippen molar-refractivity contribution in [2.75, 3.05) is 35.6 Å². The zero-order valence-electron chi connectivity index (χ0n) is 24.1. The maximum atomic E-state index is 16.7. The summed E-state index contributed by atoms with van der Waals surface area (Å²) in [5.41, 5.74) is 1.80. The molecule has 2 aromatic heterocycles. The van der Waals surface area contributed by atoms with Gasteiger partial charge in [-0.1, -0.05) is 12.2 Å². The van der Waals surface area contributed by atoms with E-state index in [-0.39, 0.29) is 34.6 Å². The van der Waals surface area contributed by atoms with E-state index < -0.39 is 58.2 Å². The predicted molar refractivity (Wildman–Crippen MR) is 154 cm³/mol. The zero-order valence-corrected chi connectivity index (χ0v) is 24.1. The fourth-order valence-electron chi connectivity index (χ4n) is 5.46. The number of pyridine rings is 1. The summed E-state index contributed by atoms with van der Waals surface area (Å²) in [4.78, 5) is 14.9. The van der Waals surface area contributed by atoms with Crippen LogP contribution in [0.15, 0.2) is 18.2 Å². The standard InChI is InChI=1S/C29H34F5N7O2/c1-13(2)18-12-36-9-8-14(3)43-27-20-25(39-28(40-26(20)37-18)41-10-6-5-7-19(41)42)23(31)24(38-27)16-11-17(35)22(30)15(4)21(16)29(32,33)34/h11,14,18-19,36,42H,1,5-10,12,35H2,2-4H3,(H,37,39,40)/t14-,18+,19?/m0/s1. The summed E-state index contributed by atoms with van der Waals surface area (Å²) in [6.07, 6.45) is -4.10. The Kier molecular flexibility index (Phi) is 8.36. The van der Waals surface area contributed by atoms with Crippen LogP contribution in [0.3, 0.4) is 0 Å². The summed E-state index contributed by atoms with van der Waals surface area (Å²) >= 11 is 0. The Bertz CT molecular complexity index is 1570. The Balaban J connectivity index is 1.87. The molecule has 5 rings (SSSR count). The van der Waals surface area contributed by atoms with E-state index in [1.807, 2.05) is 6.92 Å². The minimum Gasteiger partial charge on any atom is -0.474 e. The number of nitrogens with one attached hydrogen (secondary N) is 2. The fourth-order valence-corrected chi connectivity index (χ4v) is 5.46. The van der Waals surface area contributed by atoms with Crippen LogP contribution in [0, 0.1) is 18.6 Å².